The van der Waals surface area contributed by atoms with E-state index in [1.807, 2.05) is 37.3 Å². The van der Waals surface area contributed by atoms with Gasteiger partial charge in [0.2, 0.25) is 0 Å². The molecule has 0 fully saturated rings. The number of aromatic nitrogens is 5. The monoisotopic (exact) mass is 377 g/mol. The van der Waals surface area contributed by atoms with Crippen LogP contribution in [0, 0.1) is 13.8 Å². The molecule has 0 amide bonds. The molecule has 27 heavy (non-hydrogen) atoms. The smallest absolute Gasteiger partial charge is 0.258 e. The number of hydrogen-bond donors (Lipinski definition) is 1. The van der Waals surface area contributed by atoms with Crippen molar-refractivity contribution in [3.63, 3.8) is 0 Å². The maximum Gasteiger partial charge on any atom is 0.258 e. The van der Waals surface area contributed by atoms with Crippen LogP contribution in [0.25, 0.3) is 16.6 Å². The Hall–Kier alpha value is -2.93. The van der Waals surface area contributed by atoms with Crippen LogP contribution in [-0.4, -0.2) is 30.5 Å². The van der Waals surface area contributed by atoms with Gasteiger partial charge < -0.3 is 4.98 Å². The summed E-state index contributed by atoms with van der Waals surface area (Å²) in [6.45, 7) is 4.03. The van der Waals surface area contributed by atoms with E-state index in [-0.39, 0.29) is 5.56 Å². The number of H-pyrrole nitrogens is 1. The lowest BCUT2D eigenvalue weighted by Crippen LogP contribution is -2.12. The van der Waals surface area contributed by atoms with Crippen LogP contribution >= 0.6 is 11.8 Å². The highest BCUT2D eigenvalue weighted by atomic mass is 32.2. The first-order chi connectivity index (χ1) is 13.1. The van der Waals surface area contributed by atoms with Gasteiger partial charge in [-0.25, -0.2) is 4.98 Å². The third-order valence-electron chi connectivity index (χ3n) is 4.38. The number of para-hydroxylation sites is 2. The molecule has 0 aliphatic rings. The molecule has 0 saturated heterocycles. The minimum atomic E-state index is -0.0977. The van der Waals surface area contributed by atoms with Crippen molar-refractivity contribution >= 4 is 22.7 Å². The molecule has 0 unspecified atom stereocenters. The maximum atomic E-state index is 12.2. The number of nitrogens with one attached hydrogen (secondary N) is 1. The van der Waals surface area contributed by atoms with Crippen molar-refractivity contribution in [3.05, 3.63) is 76.1 Å². The second-order valence-electron chi connectivity index (χ2n) is 6.28. The van der Waals surface area contributed by atoms with Gasteiger partial charge in [0.25, 0.3) is 5.56 Å². The van der Waals surface area contributed by atoms with E-state index in [1.54, 1.807) is 17.8 Å². The van der Waals surface area contributed by atoms with Crippen molar-refractivity contribution < 1.29 is 0 Å². The van der Waals surface area contributed by atoms with E-state index in [2.05, 4.69) is 43.8 Å². The number of hydrogen-bond acceptors (Lipinski definition) is 5. The Kier molecular flexibility index (Phi) is 4.77. The summed E-state index contributed by atoms with van der Waals surface area (Å²) < 4.78 is 2.07. The molecule has 2 aromatic carbocycles. The fraction of sp³-hybridized carbons (Fsp3) is 0.200. The Bertz CT molecular complexity index is 1160. The average molecular weight is 377 g/mol. The Morgan fingerprint density at radius 3 is 2.67 bits per heavy atom. The molecule has 2 heterocycles. The third-order valence-corrected chi connectivity index (χ3v) is 5.31. The van der Waals surface area contributed by atoms with E-state index in [4.69, 9.17) is 0 Å². The summed E-state index contributed by atoms with van der Waals surface area (Å²) in [6.07, 6.45) is 0.643. The van der Waals surface area contributed by atoms with Gasteiger partial charge in [0.1, 0.15) is 11.6 Å². The lowest BCUT2D eigenvalue weighted by molar-refractivity contribution is 0.858. The lowest BCUT2D eigenvalue weighted by atomic mass is 10.2. The van der Waals surface area contributed by atoms with Gasteiger partial charge in [-0.05, 0) is 37.6 Å². The molecule has 6 nitrogen and oxygen atoms in total. The van der Waals surface area contributed by atoms with Crippen LogP contribution in [0.5, 0.6) is 0 Å². The number of aryl methyl sites for hydroxylation is 3. The SMILES string of the molecule is Cc1ccccc1-n1c(C)nnc1SCCc1nc2ccccc2c(=O)[nH]1. The Balaban J connectivity index is 1.54. The molecule has 0 spiro atoms. The minimum absolute atomic E-state index is 0.0977. The van der Waals surface area contributed by atoms with Gasteiger partial charge in [-0.2, -0.15) is 0 Å². The molecule has 0 radical (unpaired) electrons. The Labute approximate surface area is 160 Å². The van der Waals surface area contributed by atoms with Crippen molar-refractivity contribution in [2.75, 3.05) is 5.75 Å². The molecule has 2 aromatic heterocycles. The largest absolute Gasteiger partial charge is 0.310 e. The molecule has 0 aliphatic carbocycles. The van der Waals surface area contributed by atoms with Crippen molar-refractivity contribution in [2.45, 2.75) is 25.4 Å². The zero-order valence-electron chi connectivity index (χ0n) is 15.1. The molecule has 1 N–H and O–H groups in total. The summed E-state index contributed by atoms with van der Waals surface area (Å²) in [6, 6.07) is 15.6. The van der Waals surface area contributed by atoms with Gasteiger partial charge in [-0.1, -0.05) is 42.1 Å². The molecular weight excluding hydrogens is 358 g/mol. The minimum Gasteiger partial charge on any atom is -0.310 e. The highest BCUT2D eigenvalue weighted by Gasteiger charge is 2.13. The van der Waals surface area contributed by atoms with Crippen molar-refractivity contribution in [1.82, 2.24) is 24.7 Å². The van der Waals surface area contributed by atoms with E-state index in [0.717, 1.165) is 27.9 Å². The zero-order chi connectivity index (χ0) is 18.8. The number of nitrogens with zero attached hydrogens (tertiary/aromatic N) is 4. The fourth-order valence-corrected chi connectivity index (χ4v) is 3.96. The Morgan fingerprint density at radius 1 is 1.04 bits per heavy atom. The summed E-state index contributed by atoms with van der Waals surface area (Å²) in [7, 11) is 0. The van der Waals surface area contributed by atoms with Crippen molar-refractivity contribution in [3.8, 4) is 5.69 Å². The van der Waals surface area contributed by atoms with E-state index < -0.39 is 0 Å². The summed E-state index contributed by atoms with van der Waals surface area (Å²) >= 11 is 1.60. The zero-order valence-corrected chi connectivity index (χ0v) is 16.0. The summed E-state index contributed by atoms with van der Waals surface area (Å²) in [5, 5.41) is 10.0. The quantitative estimate of drug-likeness (QED) is 0.539. The van der Waals surface area contributed by atoms with Gasteiger partial charge in [-0.15, -0.1) is 10.2 Å². The molecule has 136 valence electrons. The molecule has 0 bridgehead atoms. The van der Waals surface area contributed by atoms with Crippen molar-refractivity contribution in [1.29, 1.82) is 0 Å². The van der Waals surface area contributed by atoms with Gasteiger partial charge in [0.05, 0.1) is 16.6 Å². The van der Waals surface area contributed by atoms with E-state index in [9.17, 15) is 4.79 Å². The van der Waals surface area contributed by atoms with Crippen molar-refractivity contribution in [2.24, 2.45) is 0 Å². The molecule has 4 aromatic rings. The first kappa shape index (κ1) is 17.5. The van der Waals surface area contributed by atoms with Gasteiger partial charge in [0.15, 0.2) is 5.16 Å². The van der Waals surface area contributed by atoms with Gasteiger partial charge in [-0.3, -0.25) is 9.36 Å². The maximum absolute atomic E-state index is 12.2. The highest BCUT2D eigenvalue weighted by molar-refractivity contribution is 7.99. The molecule has 0 saturated carbocycles. The Morgan fingerprint density at radius 2 is 1.81 bits per heavy atom. The topological polar surface area (TPSA) is 76.5 Å². The standard InChI is InChI=1S/C20H19N5OS/c1-13-7-3-6-10-17(13)25-14(2)23-24-20(25)27-12-11-18-21-16-9-5-4-8-15(16)19(26)22-18/h3-10H,11-12H2,1-2H3,(H,21,22,26). The first-order valence-corrected chi connectivity index (χ1v) is 9.71. The fourth-order valence-electron chi connectivity index (χ4n) is 3.02. The average Bonchev–Trinajstić information content (AvgIpc) is 3.03. The summed E-state index contributed by atoms with van der Waals surface area (Å²) in [5.41, 5.74) is 2.88. The number of rotatable bonds is 5. The number of fused-ring (bicyclic) bond motifs is 1. The second kappa shape index (κ2) is 7.36. The molecule has 4 rings (SSSR count). The van der Waals surface area contributed by atoms with Crippen LogP contribution in [0.15, 0.2) is 58.5 Å². The van der Waals surface area contributed by atoms with Crippen LogP contribution in [0.1, 0.15) is 17.2 Å². The van der Waals surface area contributed by atoms with Gasteiger partial charge >= 0.3 is 0 Å². The normalized spacial score (nSPS) is 11.2. The van der Waals surface area contributed by atoms with Crippen LogP contribution in [0.2, 0.25) is 0 Å². The van der Waals surface area contributed by atoms with Gasteiger partial charge in [0, 0.05) is 12.2 Å². The predicted octanol–water partition coefficient (Wildman–Crippen LogP) is 3.46. The summed E-state index contributed by atoms with van der Waals surface area (Å²) in [5.74, 6) is 2.28. The van der Waals surface area contributed by atoms with Crippen LogP contribution in [0.3, 0.4) is 0 Å². The van der Waals surface area contributed by atoms with Crippen LogP contribution in [-0.2, 0) is 6.42 Å². The summed E-state index contributed by atoms with van der Waals surface area (Å²) in [4.78, 5) is 19.6. The van der Waals surface area contributed by atoms with E-state index in [0.29, 0.717) is 17.6 Å². The van der Waals surface area contributed by atoms with Crippen LogP contribution < -0.4 is 5.56 Å². The molecule has 0 atom stereocenters. The number of thioether (sulfide) groups is 1. The predicted molar refractivity (Wildman–Crippen MR) is 108 cm³/mol. The molecule has 7 heteroatoms. The van der Waals surface area contributed by atoms with E-state index >= 15 is 0 Å². The first-order valence-electron chi connectivity index (χ1n) is 8.72. The van der Waals surface area contributed by atoms with E-state index in [1.165, 1.54) is 5.56 Å². The number of benzene rings is 2. The third kappa shape index (κ3) is 3.50. The lowest BCUT2D eigenvalue weighted by Gasteiger charge is -2.11. The highest BCUT2D eigenvalue weighted by Crippen LogP contribution is 2.24. The number of aromatic amines is 1. The molecule has 0 aliphatic heterocycles. The molecular formula is C20H19N5OS. The van der Waals surface area contributed by atoms with Crippen LogP contribution in [0.4, 0.5) is 0 Å². The second-order valence-corrected chi connectivity index (χ2v) is 7.34.